The van der Waals surface area contributed by atoms with E-state index in [2.05, 4.69) is 4.74 Å². The zero-order valence-electron chi connectivity index (χ0n) is 13.6. The van der Waals surface area contributed by atoms with Gasteiger partial charge in [0.1, 0.15) is 5.75 Å². The van der Waals surface area contributed by atoms with Gasteiger partial charge in [0.25, 0.3) is 5.69 Å². The highest BCUT2D eigenvalue weighted by atomic mass is 16.6. The van der Waals surface area contributed by atoms with Crippen molar-refractivity contribution in [2.24, 2.45) is 0 Å². The van der Waals surface area contributed by atoms with Crippen molar-refractivity contribution in [2.45, 2.75) is 6.92 Å². The molecule has 0 radical (unpaired) electrons. The minimum Gasteiger partial charge on any atom is -0.465 e. The van der Waals surface area contributed by atoms with Crippen molar-refractivity contribution in [3.63, 3.8) is 0 Å². The second kappa shape index (κ2) is 7.87. The summed E-state index contributed by atoms with van der Waals surface area (Å²) in [5, 5.41) is 10.8. The lowest BCUT2D eigenvalue weighted by Gasteiger charge is -2.03. The molecule has 7 heteroatoms. The summed E-state index contributed by atoms with van der Waals surface area (Å²) in [6.07, 6.45) is 2.76. The Balaban J connectivity index is 2.02. The number of nitro benzene ring substituents is 1. The molecule has 0 aliphatic heterocycles. The number of aryl methyl sites for hydroxylation is 1. The third kappa shape index (κ3) is 4.74. The Labute approximate surface area is 143 Å². The van der Waals surface area contributed by atoms with Gasteiger partial charge in [0.15, 0.2) is 0 Å². The molecule has 2 aromatic rings. The van der Waals surface area contributed by atoms with Crippen LogP contribution < -0.4 is 4.74 Å². The van der Waals surface area contributed by atoms with Crippen LogP contribution in [-0.2, 0) is 9.53 Å². The van der Waals surface area contributed by atoms with Crippen LogP contribution in [-0.4, -0.2) is 24.0 Å². The zero-order valence-corrected chi connectivity index (χ0v) is 13.6. The molecule has 0 aromatic heterocycles. The number of ether oxygens (including phenoxy) is 2. The van der Waals surface area contributed by atoms with Gasteiger partial charge in [0.05, 0.1) is 17.6 Å². The summed E-state index contributed by atoms with van der Waals surface area (Å²) in [6, 6.07) is 10.6. The molecule has 0 N–H and O–H groups in total. The fourth-order valence-electron chi connectivity index (χ4n) is 2.06. The van der Waals surface area contributed by atoms with Crippen LogP contribution >= 0.6 is 0 Å². The molecule has 0 unspecified atom stereocenters. The van der Waals surface area contributed by atoms with Crippen LogP contribution in [0.5, 0.6) is 5.75 Å². The molecule has 0 heterocycles. The Morgan fingerprint density at radius 2 is 1.80 bits per heavy atom. The maximum atomic E-state index is 11.8. The Hall–Kier alpha value is -3.48. The van der Waals surface area contributed by atoms with E-state index >= 15 is 0 Å². The third-order valence-corrected chi connectivity index (χ3v) is 3.33. The SMILES string of the molecule is COC(=O)c1ccc(/C=C/C(=O)Oc2ccc([N+](=O)[O-])c(C)c2)cc1. The molecule has 128 valence electrons. The summed E-state index contributed by atoms with van der Waals surface area (Å²) in [4.78, 5) is 33.4. The van der Waals surface area contributed by atoms with Crippen molar-refractivity contribution in [3.05, 3.63) is 75.3 Å². The summed E-state index contributed by atoms with van der Waals surface area (Å²) in [5.74, 6) is -0.840. The van der Waals surface area contributed by atoms with E-state index in [-0.39, 0.29) is 11.4 Å². The lowest BCUT2D eigenvalue weighted by atomic mass is 10.1. The molecule has 0 aliphatic rings. The molecular formula is C18H15NO6. The predicted molar refractivity (Wildman–Crippen MR) is 90.3 cm³/mol. The number of nitrogens with zero attached hydrogens (tertiary/aromatic N) is 1. The van der Waals surface area contributed by atoms with E-state index in [9.17, 15) is 19.7 Å². The van der Waals surface area contributed by atoms with Crippen LogP contribution in [0.25, 0.3) is 6.08 Å². The molecule has 0 atom stereocenters. The van der Waals surface area contributed by atoms with Crippen molar-refractivity contribution in [1.82, 2.24) is 0 Å². The fourth-order valence-corrected chi connectivity index (χ4v) is 2.06. The molecule has 0 saturated carbocycles. The van der Waals surface area contributed by atoms with Crippen LogP contribution in [0, 0.1) is 17.0 Å². The molecular weight excluding hydrogens is 326 g/mol. The minimum atomic E-state index is -0.620. The first kappa shape index (κ1) is 17.9. The van der Waals surface area contributed by atoms with Crippen molar-refractivity contribution in [1.29, 1.82) is 0 Å². The summed E-state index contributed by atoms with van der Waals surface area (Å²) in [6.45, 7) is 1.56. The number of methoxy groups -OCH3 is 1. The molecule has 0 amide bonds. The van der Waals surface area contributed by atoms with E-state index in [1.807, 2.05) is 0 Å². The van der Waals surface area contributed by atoms with Crippen LogP contribution in [0.2, 0.25) is 0 Å². The Bertz CT molecular complexity index is 839. The van der Waals surface area contributed by atoms with E-state index in [0.29, 0.717) is 16.7 Å². The molecule has 0 bridgehead atoms. The van der Waals surface area contributed by atoms with Gasteiger partial charge in [0.2, 0.25) is 0 Å². The number of hydrogen-bond donors (Lipinski definition) is 0. The van der Waals surface area contributed by atoms with Crippen LogP contribution in [0.15, 0.2) is 48.5 Å². The minimum absolute atomic E-state index is 0.0407. The zero-order chi connectivity index (χ0) is 18.4. The largest absolute Gasteiger partial charge is 0.465 e. The second-order valence-corrected chi connectivity index (χ2v) is 5.07. The monoisotopic (exact) mass is 341 g/mol. The highest BCUT2D eigenvalue weighted by Gasteiger charge is 2.11. The highest BCUT2D eigenvalue weighted by molar-refractivity contribution is 5.90. The van der Waals surface area contributed by atoms with Gasteiger partial charge < -0.3 is 9.47 Å². The van der Waals surface area contributed by atoms with Crippen molar-refractivity contribution < 1.29 is 24.0 Å². The molecule has 0 aliphatic carbocycles. The van der Waals surface area contributed by atoms with Gasteiger partial charge in [-0.1, -0.05) is 12.1 Å². The molecule has 7 nitrogen and oxygen atoms in total. The van der Waals surface area contributed by atoms with Gasteiger partial charge in [-0.15, -0.1) is 0 Å². The van der Waals surface area contributed by atoms with Gasteiger partial charge >= 0.3 is 11.9 Å². The number of rotatable bonds is 5. The summed E-state index contributed by atoms with van der Waals surface area (Å²) >= 11 is 0. The summed E-state index contributed by atoms with van der Waals surface area (Å²) < 4.78 is 9.71. The van der Waals surface area contributed by atoms with Crippen molar-refractivity contribution in [2.75, 3.05) is 7.11 Å². The van der Waals surface area contributed by atoms with E-state index in [4.69, 9.17) is 4.74 Å². The molecule has 25 heavy (non-hydrogen) atoms. The Morgan fingerprint density at radius 3 is 2.36 bits per heavy atom. The van der Waals surface area contributed by atoms with E-state index in [0.717, 1.165) is 0 Å². The molecule has 0 saturated heterocycles. The maximum absolute atomic E-state index is 11.8. The highest BCUT2D eigenvalue weighted by Crippen LogP contribution is 2.23. The van der Waals surface area contributed by atoms with E-state index in [1.54, 1.807) is 31.2 Å². The standard InChI is InChI=1S/C18H15NO6/c1-12-11-15(8-9-16(12)19(22)23)25-17(20)10-5-13-3-6-14(7-4-13)18(21)24-2/h3-11H,1-2H3/b10-5+. The topological polar surface area (TPSA) is 95.7 Å². The van der Waals surface area contributed by atoms with Gasteiger partial charge in [-0.3, -0.25) is 10.1 Å². The smallest absolute Gasteiger partial charge is 0.337 e. The fraction of sp³-hybridized carbons (Fsp3) is 0.111. The van der Waals surface area contributed by atoms with Crippen molar-refractivity contribution >= 4 is 23.7 Å². The van der Waals surface area contributed by atoms with E-state index < -0.39 is 16.9 Å². The molecule has 2 aromatic carbocycles. The van der Waals surface area contributed by atoms with Crippen LogP contribution in [0.4, 0.5) is 5.69 Å². The third-order valence-electron chi connectivity index (χ3n) is 3.33. The quantitative estimate of drug-likeness (QED) is 0.272. The van der Waals surface area contributed by atoms with Gasteiger partial charge in [0, 0.05) is 17.7 Å². The van der Waals surface area contributed by atoms with Gasteiger partial charge in [-0.05, 0) is 42.8 Å². The Kier molecular flexibility index (Phi) is 5.62. The van der Waals surface area contributed by atoms with Crippen LogP contribution in [0.1, 0.15) is 21.5 Å². The predicted octanol–water partition coefficient (Wildman–Crippen LogP) is 3.31. The van der Waals surface area contributed by atoms with Gasteiger partial charge in [-0.2, -0.15) is 0 Å². The molecule has 0 spiro atoms. The average Bonchev–Trinajstić information content (AvgIpc) is 2.59. The summed E-state index contributed by atoms with van der Waals surface area (Å²) in [7, 11) is 1.30. The number of carbonyl (C=O) groups is 2. The number of esters is 2. The molecule has 2 rings (SSSR count). The number of carbonyl (C=O) groups excluding carboxylic acids is 2. The van der Waals surface area contributed by atoms with Gasteiger partial charge in [-0.25, -0.2) is 9.59 Å². The first-order valence-corrected chi connectivity index (χ1v) is 7.24. The average molecular weight is 341 g/mol. The molecule has 0 fully saturated rings. The summed E-state index contributed by atoms with van der Waals surface area (Å²) in [5.41, 5.74) is 1.46. The normalized spacial score (nSPS) is 10.5. The van der Waals surface area contributed by atoms with Crippen LogP contribution in [0.3, 0.4) is 0 Å². The first-order valence-electron chi connectivity index (χ1n) is 7.24. The second-order valence-electron chi connectivity index (χ2n) is 5.07. The van der Waals surface area contributed by atoms with E-state index in [1.165, 1.54) is 37.5 Å². The number of hydrogen-bond acceptors (Lipinski definition) is 6. The lowest BCUT2D eigenvalue weighted by Crippen LogP contribution is -2.04. The Morgan fingerprint density at radius 1 is 1.12 bits per heavy atom. The van der Waals surface area contributed by atoms with Crippen molar-refractivity contribution in [3.8, 4) is 5.75 Å². The lowest BCUT2D eigenvalue weighted by molar-refractivity contribution is -0.385. The number of nitro groups is 1. The number of benzene rings is 2. The first-order chi connectivity index (χ1) is 11.9. The maximum Gasteiger partial charge on any atom is 0.337 e.